The van der Waals surface area contributed by atoms with Crippen LogP contribution in [0.1, 0.15) is 11.1 Å². The maximum absolute atomic E-state index is 13.5. The van der Waals surface area contributed by atoms with Crippen molar-refractivity contribution in [3.63, 3.8) is 0 Å². The lowest BCUT2D eigenvalue weighted by Crippen LogP contribution is -2.48. The van der Waals surface area contributed by atoms with E-state index in [1.807, 2.05) is 67.5 Å². The van der Waals surface area contributed by atoms with Gasteiger partial charge in [-0.15, -0.1) is 0 Å². The molecule has 6 heteroatoms. The minimum atomic E-state index is -3.56. The molecule has 3 aromatic carbocycles. The quantitative estimate of drug-likeness (QED) is 0.586. The van der Waals surface area contributed by atoms with Gasteiger partial charge in [-0.1, -0.05) is 61.2 Å². The normalized spacial score (nSPS) is 15.8. The van der Waals surface area contributed by atoms with Crippen LogP contribution >= 0.6 is 0 Å². The van der Waals surface area contributed by atoms with Gasteiger partial charge in [0.05, 0.1) is 4.90 Å². The molecule has 1 heterocycles. The highest BCUT2D eigenvalue weighted by Crippen LogP contribution is 2.32. The van der Waals surface area contributed by atoms with Gasteiger partial charge in [0.2, 0.25) is 10.0 Å². The van der Waals surface area contributed by atoms with Crippen LogP contribution in [0, 0.1) is 0 Å². The highest BCUT2D eigenvalue weighted by Gasteiger charge is 2.30. The van der Waals surface area contributed by atoms with Gasteiger partial charge < -0.3 is 4.90 Å². The van der Waals surface area contributed by atoms with Gasteiger partial charge in [0.25, 0.3) is 0 Å². The first-order chi connectivity index (χ1) is 14.9. The lowest BCUT2D eigenvalue weighted by Gasteiger charge is -2.34. The minimum Gasteiger partial charge on any atom is -0.377 e. The van der Waals surface area contributed by atoms with Crippen LogP contribution in [0.4, 0.5) is 5.69 Å². The van der Waals surface area contributed by atoms with Gasteiger partial charge in [-0.05, 0) is 23.3 Å². The molecule has 4 rings (SSSR count). The molecular weight excluding hydrogens is 406 g/mol. The van der Waals surface area contributed by atoms with Crippen molar-refractivity contribution in [1.29, 1.82) is 0 Å². The van der Waals surface area contributed by atoms with Crippen molar-refractivity contribution in [3.05, 3.63) is 78.4 Å². The number of sulfonamides is 1. The summed E-state index contributed by atoms with van der Waals surface area (Å²) in [5, 5.41) is 1.73. The maximum atomic E-state index is 13.5. The molecule has 0 amide bonds. The first-order valence-electron chi connectivity index (χ1n) is 10.5. The molecular formula is C25H29N3O2S. The van der Waals surface area contributed by atoms with E-state index in [0.29, 0.717) is 31.1 Å². The molecule has 0 aliphatic carbocycles. The van der Waals surface area contributed by atoms with Crippen molar-refractivity contribution >= 4 is 32.6 Å². The monoisotopic (exact) mass is 435 g/mol. The molecule has 0 bridgehead atoms. The second kappa shape index (κ2) is 8.83. The van der Waals surface area contributed by atoms with E-state index in [1.165, 1.54) is 5.56 Å². The van der Waals surface area contributed by atoms with Gasteiger partial charge in [-0.3, -0.25) is 4.90 Å². The zero-order chi connectivity index (χ0) is 22.0. The van der Waals surface area contributed by atoms with Crippen LogP contribution in [0.25, 0.3) is 16.8 Å². The standard InChI is InChI=1S/C25H29N3O2S/c1-4-20-8-5-9-21(18-20)19-27-14-16-28(17-15-27)31(29,30)25-13-7-10-22-23(25)11-6-12-24(22)26(2)3/h4-13,18H,1,14-17,19H2,2-3H3. The molecule has 31 heavy (non-hydrogen) atoms. The number of rotatable bonds is 6. The Morgan fingerprint density at radius 3 is 2.32 bits per heavy atom. The first kappa shape index (κ1) is 21.6. The Balaban J connectivity index is 1.53. The third-order valence-electron chi connectivity index (χ3n) is 5.88. The van der Waals surface area contributed by atoms with E-state index in [9.17, 15) is 8.42 Å². The molecule has 0 atom stereocenters. The average molecular weight is 436 g/mol. The molecule has 0 unspecified atom stereocenters. The minimum absolute atomic E-state index is 0.390. The summed E-state index contributed by atoms with van der Waals surface area (Å²) < 4.78 is 28.7. The van der Waals surface area contributed by atoms with Crippen LogP contribution < -0.4 is 4.90 Å². The third-order valence-corrected chi connectivity index (χ3v) is 7.84. The zero-order valence-corrected chi connectivity index (χ0v) is 19.0. The van der Waals surface area contributed by atoms with E-state index in [2.05, 4.69) is 23.6 Å². The van der Waals surface area contributed by atoms with Gasteiger partial charge >= 0.3 is 0 Å². The molecule has 0 radical (unpaired) electrons. The number of benzene rings is 3. The number of nitrogens with zero attached hydrogens (tertiary/aromatic N) is 3. The molecule has 1 saturated heterocycles. The van der Waals surface area contributed by atoms with E-state index >= 15 is 0 Å². The Morgan fingerprint density at radius 2 is 1.61 bits per heavy atom. The van der Waals surface area contributed by atoms with Gasteiger partial charge in [-0.2, -0.15) is 4.31 Å². The maximum Gasteiger partial charge on any atom is 0.243 e. The fraction of sp³-hybridized carbons (Fsp3) is 0.280. The summed E-state index contributed by atoms with van der Waals surface area (Å²) in [6.07, 6.45) is 1.85. The van der Waals surface area contributed by atoms with E-state index in [4.69, 9.17) is 0 Å². The van der Waals surface area contributed by atoms with Gasteiger partial charge in [0.1, 0.15) is 0 Å². The molecule has 0 saturated carbocycles. The van der Waals surface area contributed by atoms with E-state index < -0.39 is 10.0 Å². The lowest BCUT2D eigenvalue weighted by atomic mass is 10.1. The molecule has 0 N–H and O–H groups in total. The van der Waals surface area contributed by atoms with Crippen LogP contribution in [0.5, 0.6) is 0 Å². The molecule has 3 aromatic rings. The van der Waals surface area contributed by atoms with Crippen molar-refractivity contribution in [3.8, 4) is 0 Å². The van der Waals surface area contributed by atoms with Crippen LogP contribution in [0.15, 0.2) is 72.1 Å². The Hall–Kier alpha value is -2.67. The average Bonchev–Trinajstić information content (AvgIpc) is 2.78. The molecule has 1 aliphatic heterocycles. The first-order valence-corrected chi connectivity index (χ1v) is 12.0. The molecule has 5 nitrogen and oxygen atoms in total. The smallest absolute Gasteiger partial charge is 0.243 e. The van der Waals surface area contributed by atoms with Crippen LogP contribution in [0.3, 0.4) is 0 Å². The van der Waals surface area contributed by atoms with Crippen molar-refractivity contribution in [1.82, 2.24) is 9.21 Å². The number of piperazine rings is 1. The Labute approximate surface area is 185 Å². The summed E-state index contributed by atoms with van der Waals surface area (Å²) >= 11 is 0. The number of hydrogen-bond donors (Lipinski definition) is 0. The second-order valence-electron chi connectivity index (χ2n) is 8.15. The summed E-state index contributed by atoms with van der Waals surface area (Å²) in [7, 11) is 0.381. The Kier molecular flexibility index (Phi) is 6.14. The summed E-state index contributed by atoms with van der Waals surface area (Å²) in [6.45, 7) is 7.06. The fourth-order valence-electron chi connectivity index (χ4n) is 4.22. The predicted octanol–water partition coefficient (Wildman–Crippen LogP) is 4.06. The number of anilines is 1. The van der Waals surface area contributed by atoms with Crippen molar-refractivity contribution < 1.29 is 8.42 Å². The molecule has 162 valence electrons. The largest absolute Gasteiger partial charge is 0.377 e. The number of hydrogen-bond acceptors (Lipinski definition) is 4. The van der Waals surface area contributed by atoms with E-state index in [-0.39, 0.29) is 0 Å². The van der Waals surface area contributed by atoms with Crippen molar-refractivity contribution in [2.75, 3.05) is 45.2 Å². The van der Waals surface area contributed by atoms with Crippen molar-refractivity contribution in [2.45, 2.75) is 11.4 Å². The number of fused-ring (bicyclic) bond motifs is 1. The van der Waals surface area contributed by atoms with Crippen LogP contribution in [0.2, 0.25) is 0 Å². The van der Waals surface area contributed by atoms with Crippen LogP contribution in [-0.2, 0) is 16.6 Å². The molecule has 0 spiro atoms. The van der Waals surface area contributed by atoms with Gasteiger partial charge in [-0.25, -0.2) is 8.42 Å². The topological polar surface area (TPSA) is 43.9 Å². The SMILES string of the molecule is C=Cc1cccc(CN2CCN(S(=O)(=O)c3cccc4c(N(C)C)cccc34)CC2)c1. The van der Waals surface area contributed by atoms with Crippen molar-refractivity contribution in [2.24, 2.45) is 0 Å². The summed E-state index contributed by atoms with van der Waals surface area (Å²) in [6, 6.07) is 19.7. The summed E-state index contributed by atoms with van der Waals surface area (Å²) in [5.41, 5.74) is 3.34. The Morgan fingerprint density at radius 1 is 0.935 bits per heavy atom. The fourth-order valence-corrected chi connectivity index (χ4v) is 5.85. The molecule has 0 aromatic heterocycles. The second-order valence-corrected chi connectivity index (χ2v) is 10.1. The highest BCUT2D eigenvalue weighted by molar-refractivity contribution is 7.89. The highest BCUT2D eigenvalue weighted by atomic mass is 32.2. The van der Waals surface area contributed by atoms with E-state index in [0.717, 1.165) is 28.6 Å². The van der Waals surface area contributed by atoms with Gasteiger partial charge in [0, 0.05) is 63.3 Å². The molecule has 1 aliphatic rings. The zero-order valence-electron chi connectivity index (χ0n) is 18.2. The van der Waals surface area contributed by atoms with Crippen LogP contribution in [-0.4, -0.2) is 57.9 Å². The summed E-state index contributed by atoms with van der Waals surface area (Å²) in [4.78, 5) is 4.71. The molecule has 1 fully saturated rings. The Bertz CT molecular complexity index is 1200. The van der Waals surface area contributed by atoms with Gasteiger partial charge in [0.15, 0.2) is 0 Å². The predicted molar refractivity (Wildman–Crippen MR) is 129 cm³/mol. The van der Waals surface area contributed by atoms with E-state index in [1.54, 1.807) is 10.4 Å². The summed E-state index contributed by atoms with van der Waals surface area (Å²) in [5.74, 6) is 0. The third kappa shape index (κ3) is 4.37. The lowest BCUT2D eigenvalue weighted by molar-refractivity contribution is 0.181.